The van der Waals surface area contributed by atoms with E-state index in [-0.39, 0.29) is 11.6 Å². The van der Waals surface area contributed by atoms with Gasteiger partial charge in [-0.2, -0.15) is 0 Å². The van der Waals surface area contributed by atoms with Crippen molar-refractivity contribution in [2.75, 3.05) is 20.8 Å². The van der Waals surface area contributed by atoms with E-state index in [0.29, 0.717) is 18.8 Å². The van der Waals surface area contributed by atoms with Crippen LogP contribution in [0.15, 0.2) is 18.3 Å². The molecule has 0 aliphatic rings. The van der Waals surface area contributed by atoms with Crippen molar-refractivity contribution in [3.63, 3.8) is 0 Å². The standard InChI is InChI=1S/C14H21NO4/c1-14(2,18-4)7-8-19-10-12-6-5-11(9-15-12)13(16)17-3/h5-6,9H,7-8,10H2,1-4H3. The number of ether oxygens (including phenoxy) is 3. The second kappa shape index (κ2) is 7.21. The zero-order chi connectivity index (χ0) is 14.3. The van der Waals surface area contributed by atoms with E-state index >= 15 is 0 Å². The fourth-order valence-corrected chi connectivity index (χ4v) is 1.35. The zero-order valence-corrected chi connectivity index (χ0v) is 11.9. The molecule has 1 aromatic heterocycles. The summed E-state index contributed by atoms with van der Waals surface area (Å²) < 4.78 is 15.4. The largest absolute Gasteiger partial charge is 0.465 e. The maximum absolute atomic E-state index is 11.2. The van der Waals surface area contributed by atoms with Crippen molar-refractivity contribution in [1.29, 1.82) is 0 Å². The number of hydrogen-bond acceptors (Lipinski definition) is 5. The number of aromatic nitrogens is 1. The van der Waals surface area contributed by atoms with Gasteiger partial charge in [-0.15, -0.1) is 0 Å². The van der Waals surface area contributed by atoms with Crippen LogP contribution in [0, 0.1) is 0 Å². The van der Waals surface area contributed by atoms with Crippen molar-refractivity contribution in [3.05, 3.63) is 29.6 Å². The number of esters is 1. The maximum Gasteiger partial charge on any atom is 0.339 e. The van der Waals surface area contributed by atoms with Crippen molar-refractivity contribution < 1.29 is 19.0 Å². The van der Waals surface area contributed by atoms with E-state index in [0.717, 1.165) is 12.1 Å². The van der Waals surface area contributed by atoms with Gasteiger partial charge < -0.3 is 14.2 Å². The number of nitrogens with zero attached hydrogens (tertiary/aromatic N) is 1. The van der Waals surface area contributed by atoms with Gasteiger partial charge in [-0.1, -0.05) is 0 Å². The van der Waals surface area contributed by atoms with Gasteiger partial charge in [-0.05, 0) is 32.4 Å². The molecular formula is C14H21NO4. The Balaban J connectivity index is 2.36. The molecule has 0 aliphatic carbocycles. The summed E-state index contributed by atoms with van der Waals surface area (Å²) >= 11 is 0. The number of rotatable bonds is 7. The Morgan fingerprint density at radius 3 is 2.58 bits per heavy atom. The summed E-state index contributed by atoms with van der Waals surface area (Å²) in [6.07, 6.45) is 2.30. The quantitative estimate of drug-likeness (QED) is 0.560. The normalized spacial score (nSPS) is 11.4. The highest BCUT2D eigenvalue weighted by Crippen LogP contribution is 2.13. The van der Waals surface area contributed by atoms with Gasteiger partial charge in [0.1, 0.15) is 0 Å². The number of carbonyl (C=O) groups excluding carboxylic acids is 1. The van der Waals surface area contributed by atoms with Gasteiger partial charge in [-0.25, -0.2) is 4.79 Å². The lowest BCUT2D eigenvalue weighted by Crippen LogP contribution is -2.24. The number of methoxy groups -OCH3 is 2. The van der Waals surface area contributed by atoms with E-state index in [2.05, 4.69) is 9.72 Å². The molecular weight excluding hydrogens is 246 g/mol. The van der Waals surface area contributed by atoms with Gasteiger partial charge in [0.05, 0.1) is 30.6 Å². The summed E-state index contributed by atoms with van der Waals surface area (Å²) in [6, 6.07) is 3.43. The first-order chi connectivity index (χ1) is 8.98. The molecule has 0 N–H and O–H groups in total. The first-order valence-electron chi connectivity index (χ1n) is 6.14. The van der Waals surface area contributed by atoms with Crippen molar-refractivity contribution in [2.24, 2.45) is 0 Å². The molecule has 0 unspecified atom stereocenters. The predicted octanol–water partition coefficient (Wildman–Crippen LogP) is 2.20. The van der Waals surface area contributed by atoms with Crippen LogP contribution in [0.1, 0.15) is 36.3 Å². The number of hydrogen-bond donors (Lipinski definition) is 0. The summed E-state index contributed by atoms with van der Waals surface area (Å²) in [5.74, 6) is -0.387. The Hall–Kier alpha value is -1.46. The highest BCUT2D eigenvalue weighted by atomic mass is 16.5. The Morgan fingerprint density at radius 2 is 2.05 bits per heavy atom. The third kappa shape index (κ3) is 5.36. The molecule has 0 saturated carbocycles. The van der Waals surface area contributed by atoms with Gasteiger partial charge in [0, 0.05) is 19.9 Å². The van der Waals surface area contributed by atoms with Crippen LogP contribution in [-0.2, 0) is 20.8 Å². The van der Waals surface area contributed by atoms with Gasteiger partial charge in [0.15, 0.2) is 0 Å². The molecule has 19 heavy (non-hydrogen) atoms. The van der Waals surface area contributed by atoms with Crippen LogP contribution in [0.4, 0.5) is 0 Å². The van der Waals surface area contributed by atoms with Crippen molar-refractivity contribution >= 4 is 5.97 Å². The Labute approximate surface area is 113 Å². The third-order valence-electron chi connectivity index (χ3n) is 2.90. The van der Waals surface area contributed by atoms with Crippen molar-refractivity contribution in [1.82, 2.24) is 4.98 Å². The van der Waals surface area contributed by atoms with Crippen LogP contribution in [0.25, 0.3) is 0 Å². The van der Waals surface area contributed by atoms with Crippen molar-refractivity contribution in [2.45, 2.75) is 32.5 Å². The molecule has 1 heterocycles. The molecule has 106 valence electrons. The highest BCUT2D eigenvalue weighted by molar-refractivity contribution is 5.88. The monoisotopic (exact) mass is 267 g/mol. The molecule has 0 spiro atoms. The molecule has 0 saturated heterocycles. The molecule has 0 amide bonds. The zero-order valence-electron chi connectivity index (χ0n) is 11.9. The smallest absolute Gasteiger partial charge is 0.339 e. The molecule has 0 aliphatic heterocycles. The van der Waals surface area contributed by atoms with E-state index in [9.17, 15) is 4.79 Å². The highest BCUT2D eigenvalue weighted by Gasteiger charge is 2.15. The van der Waals surface area contributed by atoms with Crippen molar-refractivity contribution in [3.8, 4) is 0 Å². The minimum atomic E-state index is -0.387. The lowest BCUT2D eigenvalue weighted by Gasteiger charge is -2.22. The third-order valence-corrected chi connectivity index (χ3v) is 2.90. The molecule has 0 aromatic carbocycles. The summed E-state index contributed by atoms with van der Waals surface area (Å²) in [5, 5.41) is 0. The Bertz CT molecular complexity index is 400. The molecule has 0 bridgehead atoms. The first kappa shape index (κ1) is 15.6. The predicted molar refractivity (Wildman–Crippen MR) is 70.9 cm³/mol. The molecule has 1 rings (SSSR count). The fourth-order valence-electron chi connectivity index (χ4n) is 1.35. The summed E-state index contributed by atoms with van der Waals surface area (Å²) in [5.41, 5.74) is 1.04. The van der Waals surface area contributed by atoms with Crippen LogP contribution < -0.4 is 0 Å². The summed E-state index contributed by atoms with van der Waals surface area (Å²) in [6.45, 7) is 5.04. The Kier molecular flexibility index (Phi) is 5.92. The second-order valence-electron chi connectivity index (χ2n) is 4.80. The average Bonchev–Trinajstić information content (AvgIpc) is 2.43. The van der Waals surface area contributed by atoms with Gasteiger partial charge >= 0.3 is 5.97 Å². The van der Waals surface area contributed by atoms with Crippen LogP contribution in [-0.4, -0.2) is 37.4 Å². The fraction of sp³-hybridized carbons (Fsp3) is 0.571. The van der Waals surface area contributed by atoms with Gasteiger partial charge in [0.25, 0.3) is 0 Å². The average molecular weight is 267 g/mol. The minimum absolute atomic E-state index is 0.178. The molecule has 5 heteroatoms. The van der Waals surface area contributed by atoms with E-state index in [1.807, 2.05) is 13.8 Å². The van der Waals surface area contributed by atoms with Gasteiger partial charge in [0.2, 0.25) is 0 Å². The van der Waals surface area contributed by atoms with Crippen LogP contribution >= 0.6 is 0 Å². The Morgan fingerprint density at radius 1 is 1.32 bits per heavy atom. The maximum atomic E-state index is 11.2. The van der Waals surface area contributed by atoms with Crippen LogP contribution in [0.2, 0.25) is 0 Å². The summed E-state index contributed by atoms with van der Waals surface area (Å²) in [7, 11) is 3.03. The summed E-state index contributed by atoms with van der Waals surface area (Å²) in [4.78, 5) is 15.4. The van der Waals surface area contributed by atoms with Crippen LogP contribution in [0.5, 0.6) is 0 Å². The molecule has 5 nitrogen and oxygen atoms in total. The SMILES string of the molecule is COC(=O)c1ccc(COCCC(C)(C)OC)nc1. The number of pyridine rings is 1. The van der Waals surface area contributed by atoms with E-state index < -0.39 is 0 Å². The van der Waals surface area contributed by atoms with E-state index in [1.54, 1.807) is 19.2 Å². The van der Waals surface area contributed by atoms with Gasteiger partial charge in [-0.3, -0.25) is 4.98 Å². The number of carbonyl (C=O) groups is 1. The topological polar surface area (TPSA) is 57.7 Å². The molecule has 0 atom stereocenters. The minimum Gasteiger partial charge on any atom is -0.465 e. The molecule has 0 radical (unpaired) electrons. The van der Waals surface area contributed by atoms with Crippen LogP contribution in [0.3, 0.4) is 0 Å². The first-order valence-corrected chi connectivity index (χ1v) is 6.14. The molecule has 0 fully saturated rings. The lowest BCUT2D eigenvalue weighted by molar-refractivity contribution is -0.0128. The molecule has 1 aromatic rings. The van der Waals surface area contributed by atoms with E-state index in [1.165, 1.54) is 13.3 Å². The second-order valence-corrected chi connectivity index (χ2v) is 4.80. The van der Waals surface area contributed by atoms with E-state index in [4.69, 9.17) is 9.47 Å². The lowest BCUT2D eigenvalue weighted by atomic mass is 10.1.